The van der Waals surface area contributed by atoms with Crippen LogP contribution in [-0.4, -0.2) is 26.6 Å². The topological polar surface area (TPSA) is 98.8 Å². The number of ether oxygens (including phenoxy) is 1. The van der Waals surface area contributed by atoms with Crippen LogP contribution < -0.4 is 16.0 Å². The van der Waals surface area contributed by atoms with Gasteiger partial charge in [-0.3, -0.25) is 9.36 Å². The molecule has 0 aliphatic rings. The second kappa shape index (κ2) is 5.88. The highest BCUT2D eigenvalue weighted by molar-refractivity contribution is 5.69. The second-order valence-corrected chi connectivity index (χ2v) is 4.98. The van der Waals surface area contributed by atoms with Crippen molar-refractivity contribution in [2.75, 3.05) is 12.8 Å². The van der Waals surface area contributed by atoms with E-state index < -0.39 is 0 Å². The summed E-state index contributed by atoms with van der Waals surface area (Å²) in [4.78, 5) is 23.2. The van der Waals surface area contributed by atoms with Crippen molar-refractivity contribution in [3.63, 3.8) is 0 Å². The van der Waals surface area contributed by atoms with Gasteiger partial charge in [0, 0.05) is 6.54 Å². The van der Waals surface area contributed by atoms with Crippen LogP contribution in [0, 0.1) is 0 Å². The number of nitrogens with one attached hydrogen (secondary N) is 1. The lowest BCUT2D eigenvalue weighted by Crippen LogP contribution is -2.25. The first-order chi connectivity index (χ1) is 10.7. The van der Waals surface area contributed by atoms with Gasteiger partial charge in [0.2, 0.25) is 5.95 Å². The number of nitrogens with zero attached hydrogens (tertiary/aromatic N) is 3. The molecule has 0 fully saturated rings. The first-order valence-corrected chi connectivity index (χ1v) is 7.01. The molecule has 0 amide bonds. The van der Waals surface area contributed by atoms with Crippen molar-refractivity contribution in [3.8, 4) is 5.75 Å². The van der Waals surface area contributed by atoms with Gasteiger partial charge in [0.25, 0.3) is 5.56 Å². The number of aryl methyl sites for hydroxylation is 1. The fraction of sp³-hybridized carbons (Fsp3) is 0.267. The van der Waals surface area contributed by atoms with E-state index in [-0.39, 0.29) is 11.5 Å². The molecule has 3 N–H and O–H groups in total. The van der Waals surface area contributed by atoms with Crippen molar-refractivity contribution in [1.82, 2.24) is 19.5 Å². The smallest absolute Gasteiger partial charge is 0.283 e. The van der Waals surface area contributed by atoms with Gasteiger partial charge in [-0.25, -0.2) is 4.98 Å². The molecular weight excluding hydrogens is 282 g/mol. The number of aromatic nitrogens is 4. The third-order valence-corrected chi connectivity index (χ3v) is 3.58. The molecule has 0 aliphatic heterocycles. The van der Waals surface area contributed by atoms with E-state index in [4.69, 9.17) is 10.5 Å². The molecule has 0 bridgehead atoms. The second-order valence-electron chi connectivity index (χ2n) is 4.98. The molecule has 3 rings (SSSR count). The standard InChI is InChI=1S/C15H17N5O2/c1-22-11-6-4-10(5-7-11)3-2-8-20-14(21)12-13(18-9-17-12)19-15(20)16/h4-7,9H,2-3,8H2,1H3,(H2,16,19)(H,17,18). The summed E-state index contributed by atoms with van der Waals surface area (Å²) in [7, 11) is 1.64. The van der Waals surface area contributed by atoms with Gasteiger partial charge in [0.05, 0.1) is 13.4 Å². The highest BCUT2D eigenvalue weighted by Crippen LogP contribution is 2.13. The fourth-order valence-electron chi connectivity index (χ4n) is 2.39. The molecular formula is C15H17N5O2. The predicted molar refractivity (Wildman–Crippen MR) is 83.9 cm³/mol. The van der Waals surface area contributed by atoms with E-state index in [2.05, 4.69) is 15.0 Å². The summed E-state index contributed by atoms with van der Waals surface area (Å²) in [5, 5.41) is 0. The molecule has 2 heterocycles. The molecule has 7 heteroatoms. The Kier molecular flexibility index (Phi) is 3.78. The van der Waals surface area contributed by atoms with Crippen molar-refractivity contribution in [3.05, 3.63) is 46.5 Å². The SMILES string of the molecule is COc1ccc(CCCn2c(N)nc3[nH]cnc3c2=O)cc1. The molecule has 0 aliphatic carbocycles. The van der Waals surface area contributed by atoms with Crippen LogP contribution in [0.5, 0.6) is 5.75 Å². The Morgan fingerprint density at radius 2 is 2.09 bits per heavy atom. The van der Waals surface area contributed by atoms with E-state index in [9.17, 15) is 4.79 Å². The molecule has 7 nitrogen and oxygen atoms in total. The number of anilines is 1. The largest absolute Gasteiger partial charge is 0.497 e. The van der Waals surface area contributed by atoms with E-state index in [0.29, 0.717) is 17.7 Å². The van der Waals surface area contributed by atoms with Crippen molar-refractivity contribution in [2.45, 2.75) is 19.4 Å². The zero-order valence-electron chi connectivity index (χ0n) is 12.2. The minimum atomic E-state index is -0.210. The average Bonchev–Trinajstić information content (AvgIpc) is 2.99. The normalized spacial score (nSPS) is 11.0. The van der Waals surface area contributed by atoms with Gasteiger partial charge in [0.1, 0.15) is 5.75 Å². The van der Waals surface area contributed by atoms with Gasteiger partial charge < -0.3 is 15.5 Å². The van der Waals surface area contributed by atoms with Gasteiger partial charge in [-0.15, -0.1) is 0 Å². The molecule has 3 aromatic rings. The number of nitrogens with two attached hydrogens (primary N) is 1. The monoisotopic (exact) mass is 299 g/mol. The lowest BCUT2D eigenvalue weighted by molar-refractivity contribution is 0.414. The zero-order valence-corrected chi connectivity index (χ0v) is 12.2. The van der Waals surface area contributed by atoms with Gasteiger partial charge in [0.15, 0.2) is 11.2 Å². The zero-order chi connectivity index (χ0) is 15.5. The molecule has 0 unspecified atom stereocenters. The molecule has 114 valence electrons. The van der Waals surface area contributed by atoms with Crippen LogP contribution in [0.4, 0.5) is 5.95 Å². The van der Waals surface area contributed by atoms with Crippen molar-refractivity contribution in [2.24, 2.45) is 0 Å². The number of benzene rings is 1. The lowest BCUT2D eigenvalue weighted by atomic mass is 10.1. The molecule has 0 saturated carbocycles. The third kappa shape index (κ3) is 2.65. The number of H-pyrrole nitrogens is 1. The van der Waals surface area contributed by atoms with Crippen LogP contribution in [0.1, 0.15) is 12.0 Å². The van der Waals surface area contributed by atoms with Crippen LogP contribution in [0.3, 0.4) is 0 Å². The number of fused-ring (bicyclic) bond motifs is 1. The maximum absolute atomic E-state index is 12.3. The van der Waals surface area contributed by atoms with Crippen LogP contribution in [0.15, 0.2) is 35.4 Å². The van der Waals surface area contributed by atoms with Crippen LogP contribution in [-0.2, 0) is 13.0 Å². The first kappa shape index (κ1) is 14.1. The number of methoxy groups -OCH3 is 1. The molecule has 1 aromatic carbocycles. The fourth-order valence-corrected chi connectivity index (χ4v) is 2.39. The highest BCUT2D eigenvalue weighted by Gasteiger charge is 2.10. The van der Waals surface area contributed by atoms with E-state index in [1.807, 2.05) is 24.3 Å². The molecule has 0 radical (unpaired) electrons. The third-order valence-electron chi connectivity index (χ3n) is 3.58. The summed E-state index contributed by atoms with van der Waals surface area (Å²) in [5.41, 5.74) is 7.57. The van der Waals surface area contributed by atoms with Crippen molar-refractivity contribution < 1.29 is 4.74 Å². The number of hydrogen-bond donors (Lipinski definition) is 2. The van der Waals surface area contributed by atoms with Crippen LogP contribution in [0.25, 0.3) is 11.2 Å². The van der Waals surface area contributed by atoms with Crippen LogP contribution >= 0.6 is 0 Å². The first-order valence-electron chi connectivity index (χ1n) is 7.01. The minimum Gasteiger partial charge on any atom is -0.497 e. The molecule has 0 atom stereocenters. The van der Waals surface area contributed by atoms with Crippen molar-refractivity contribution >= 4 is 17.1 Å². The summed E-state index contributed by atoms with van der Waals surface area (Å²) in [6, 6.07) is 7.88. The predicted octanol–water partition coefficient (Wildman–Crippen LogP) is 1.34. The highest BCUT2D eigenvalue weighted by atomic mass is 16.5. The summed E-state index contributed by atoms with van der Waals surface area (Å²) in [6.45, 7) is 0.506. The number of imidazole rings is 1. The van der Waals surface area contributed by atoms with Crippen LogP contribution in [0.2, 0.25) is 0 Å². The van der Waals surface area contributed by atoms with Gasteiger partial charge >= 0.3 is 0 Å². The minimum absolute atomic E-state index is 0.205. The quantitative estimate of drug-likeness (QED) is 0.740. The number of nitrogen functional groups attached to an aromatic ring is 1. The Balaban J connectivity index is 1.72. The van der Waals surface area contributed by atoms with E-state index in [1.54, 1.807) is 7.11 Å². The lowest BCUT2D eigenvalue weighted by Gasteiger charge is -2.08. The Bertz CT molecular complexity index is 835. The number of hydrogen-bond acceptors (Lipinski definition) is 5. The average molecular weight is 299 g/mol. The van der Waals surface area contributed by atoms with Gasteiger partial charge in [-0.1, -0.05) is 12.1 Å². The molecule has 0 saturated heterocycles. The maximum Gasteiger partial charge on any atom is 0.283 e. The number of aromatic amines is 1. The summed E-state index contributed by atoms with van der Waals surface area (Å²) >= 11 is 0. The maximum atomic E-state index is 12.3. The number of rotatable bonds is 5. The van der Waals surface area contributed by atoms with Gasteiger partial charge in [-0.05, 0) is 30.5 Å². The van der Waals surface area contributed by atoms with Crippen molar-refractivity contribution in [1.29, 1.82) is 0 Å². The van der Waals surface area contributed by atoms with E-state index in [1.165, 1.54) is 16.5 Å². The Morgan fingerprint density at radius 3 is 2.82 bits per heavy atom. The summed E-state index contributed by atoms with van der Waals surface area (Å²) in [6.07, 6.45) is 3.07. The molecule has 2 aromatic heterocycles. The van der Waals surface area contributed by atoms with Gasteiger partial charge in [-0.2, -0.15) is 4.98 Å². The van der Waals surface area contributed by atoms with E-state index in [0.717, 1.165) is 18.6 Å². The molecule has 0 spiro atoms. The summed E-state index contributed by atoms with van der Waals surface area (Å²) < 4.78 is 6.59. The Hall–Kier alpha value is -2.83. The van der Waals surface area contributed by atoms with E-state index >= 15 is 0 Å². The Labute approximate surface area is 126 Å². The summed E-state index contributed by atoms with van der Waals surface area (Å²) in [5.74, 6) is 1.04. The molecule has 22 heavy (non-hydrogen) atoms. The Morgan fingerprint density at radius 1 is 1.32 bits per heavy atom.